The van der Waals surface area contributed by atoms with Crippen LogP contribution in [0.4, 0.5) is 10.1 Å². The van der Waals surface area contributed by atoms with E-state index in [1.165, 1.54) is 23.1 Å². The van der Waals surface area contributed by atoms with Gasteiger partial charge in [0.25, 0.3) is 0 Å². The summed E-state index contributed by atoms with van der Waals surface area (Å²) >= 11 is 3.41. The number of anilines is 1. The van der Waals surface area contributed by atoms with Gasteiger partial charge >= 0.3 is 0 Å². The quantitative estimate of drug-likeness (QED) is 0.313. The van der Waals surface area contributed by atoms with Crippen LogP contribution < -0.4 is 9.62 Å². The number of halogens is 2. The van der Waals surface area contributed by atoms with Gasteiger partial charge in [-0.1, -0.05) is 71.4 Å². The highest BCUT2D eigenvalue weighted by atomic mass is 79.9. The van der Waals surface area contributed by atoms with E-state index in [9.17, 15) is 22.4 Å². The van der Waals surface area contributed by atoms with E-state index >= 15 is 0 Å². The zero-order chi connectivity index (χ0) is 28.6. The zero-order valence-corrected chi connectivity index (χ0v) is 24.6. The van der Waals surface area contributed by atoms with Crippen molar-refractivity contribution in [1.82, 2.24) is 10.2 Å². The minimum absolute atomic E-state index is 0.0260. The van der Waals surface area contributed by atoms with Crippen LogP contribution in [0, 0.1) is 5.82 Å². The van der Waals surface area contributed by atoms with Crippen LogP contribution >= 0.6 is 15.9 Å². The highest BCUT2D eigenvalue weighted by molar-refractivity contribution is 9.10. The Hall–Kier alpha value is -3.24. The molecule has 3 aromatic rings. The number of benzene rings is 3. The molecule has 0 aliphatic carbocycles. The number of hydrogen-bond donors (Lipinski definition) is 1. The van der Waals surface area contributed by atoms with E-state index in [0.29, 0.717) is 6.42 Å². The summed E-state index contributed by atoms with van der Waals surface area (Å²) in [6, 6.07) is 20.7. The first-order chi connectivity index (χ1) is 18.5. The molecule has 0 aromatic heterocycles. The molecule has 0 saturated heterocycles. The Balaban J connectivity index is 2.05. The number of sulfonamides is 1. The Morgan fingerprint density at radius 3 is 2.23 bits per heavy atom. The number of nitrogens with one attached hydrogen (secondary N) is 1. The third kappa shape index (κ3) is 8.90. The van der Waals surface area contributed by atoms with E-state index in [1.54, 1.807) is 0 Å². The summed E-state index contributed by atoms with van der Waals surface area (Å²) in [5.74, 6) is -1.56. The summed E-state index contributed by atoms with van der Waals surface area (Å²) in [6.45, 7) is 3.30. The summed E-state index contributed by atoms with van der Waals surface area (Å²) in [5.41, 5.74) is 1.64. The van der Waals surface area contributed by atoms with Crippen LogP contribution in [0.1, 0.15) is 31.4 Å². The van der Waals surface area contributed by atoms with E-state index in [0.717, 1.165) is 32.2 Å². The van der Waals surface area contributed by atoms with Gasteiger partial charge in [0.15, 0.2) is 0 Å². The van der Waals surface area contributed by atoms with Crippen LogP contribution in [0.5, 0.6) is 0 Å². The summed E-state index contributed by atoms with van der Waals surface area (Å²) in [4.78, 5) is 29.0. The van der Waals surface area contributed by atoms with E-state index < -0.39 is 34.3 Å². The fraction of sp³-hybridized carbons (Fsp3) is 0.310. The highest BCUT2D eigenvalue weighted by Crippen LogP contribution is 2.22. The fourth-order valence-electron chi connectivity index (χ4n) is 4.03. The van der Waals surface area contributed by atoms with Gasteiger partial charge in [0.2, 0.25) is 21.8 Å². The van der Waals surface area contributed by atoms with Gasteiger partial charge in [-0.05, 0) is 54.8 Å². The molecule has 0 heterocycles. The Labute approximate surface area is 238 Å². The van der Waals surface area contributed by atoms with Gasteiger partial charge in [0, 0.05) is 23.5 Å². The second-order valence-corrected chi connectivity index (χ2v) is 12.2. The van der Waals surface area contributed by atoms with Crippen molar-refractivity contribution in [3.8, 4) is 0 Å². The normalized spacial score (nSPS) is 12.8. The number of hydrogen-bond acceptors (Lipinski definition) is 4. The van der Waals surface area contributed by atoms with E-state index in [2.05, 4.69) is 21.2 Å². The molecule has 0 saturated carbocycles. The lowest BCUT2D eigenvalue weighted by molar-refractivity contribution is -0.140. The molecule has 0 unspecified atom stereocenters. The van der Waals surface area contributed by atoms with E-state index in [-0.39, 0.29) is 30.6 Å². The number of nitrogens with zero attached hydrogens (tertiary/aromatic N) is 2. The van der Waals surface area contributed by atoms with Crippen molar-refractivity contribution in [3.05, 3.63) is 100 Å². The van der Waals surface area contributed by atoms with Crippen LogP contribution in [-0.2, 0) is 32.6 Å². The second kappa shape index (κ2) is 13.7. The number of carbonyl (C=O) groups excluding carboxylic acids is 2. The fourth-order valence-corrected chi connectivity index (χ4v) is 5.13. The summed E-state index contributed by atoms with van der Waals surface area (Å²) in [6.07, 6.45) is 1.89. The molecular weight excluding hydrogens is 585 g/mol. The molecule has 2 amide bonds. The van der Waals surface area contributed by atoms with Crippen molar-refractivity contribution in [1.29, 1.82) is 0 Å². The third-order valence-electron chi connectivity index (χ3n) is 6.31. The predicted molar refractivity (Wildman–Crippen MR) is 155 cm³/mol. The Morgan fingerprint density at radius 1 is 0.974 bits per heavy atom. The molecule has 3 rings (SSSR count). The number of rotatable bonds is 12. The standard InChI is InChI=1S/C29H33BrFN3O4S/c1-4-21(2)32-29(36)27(17-22-9-6-5-7-10-22)33(19-23-13-15-24(30)16-14-23)28(35)20-34(39(3,37)38)26-12-8-11-25(31)18-26/h5-16,18,21,27H,4,17,19-20H2,1-3H3,(H,32,36)/t21-,27-/m0/s1. The molecule has 10 heteroatoms. The van der Waals surface area contributed by atoms with E-state index in [4.69, 9.17) is 0 Å². The molecule has 1 N–H and O–H groups in total. The first-order valence-electron chi connectivity index (χ1n) is 12.6. The second-order valence-electron chi connectivity index (χ2n) is 9.42. The average molecular weight is 619 g/mol. The molecule has 0 aliphatic rings. The first kappa shape index (κ1) is 30.3. The summed E-state index contributed by atoms with van der Waals surface area (Å²) < 4.78 is 41.2. The van der Waals surface area contributed by atoms with Crippen LogP contribution in [0.3, 0.4) is 0 Å². The lowest BCUT2D eigenvalue weighted by Crippen LogP contribution is -2.54. The van der Waals surface area contributed by atoms with Gasteiger partial charge in [-0.25, -0.2) is 12.8 Å². The third-order valence-corrected chi connectivity index (χ3v) is 7.98. The molecule has 2 atom stereocenters. The first-order valence-corrected chi connectivity index (χ1v) is 15.2. The zero-order valence-electron chi connectivity index (χ0n) is 22.2. The molecule has 208 valence electrons. The maximum Gasteiger partial charge on any atom is 0.244 e. The Kier molecular flexibility index (Phi) is 10.7. The largest absolute Gasteiger partial charge is 0.352 e. The molecule has 0 spiro atoms. The van der Waals surface area contributed by atoms with Gasteiger partial charge in [0.05, 0.1) is 11.9 Å². The van der Waals surface area contributed by atoms with Crippen molar-refractivity contribution in [2.75, 3.05) is 17.1 Å². The monoisotopic (exact) mass is 617 g/mol. The van der Waals surface area contributed by atoms with Crippen molar-refractivity contribution in [2.45, 2.75) is 45.3 Å². The molecule has 0 radical (unpaired) electrons. The topological polar surface area (TPSA) is 86.8 Å². The molecule has 0 aliphatic heterocycles. The van der Waals surface area contributed by atoms with Gasteiger partial charge in [-0.15, -0.1) is 0 Å². The lowest BCUT2D eigenvalue weighted by atomic mass is 10.0. The van der Waals surface area contributed by atoms with E-state index in [1.807, 2.05) is 68.4 Å². The van der Waals surface area contributed by atoms with Gasteiger partial charge in [0.1, 0.15) is 18.4 Å². The molecule has 3 aromatic carbocycles. The maximum absolute atomic E-state index is 14.0. The lowest BCUT2D eigenvalue weighted by Gasteiger charge is -2.34. The van der Waals surface area contributed by atoms with Crippen molar-refractivity contribution < 1.29 is 22.4 Å². The minimum Gasteiger partial charge on any atom is -0.352 e. The average Bonchev–Trinajstić information content (AvgIpc) is 2.90. The van der Waals surface area contributed by atoms with Crippen LogP contribution in [0.15, 0.2) is 83.3 Å². The summed E-state index contributed by atoms with van der Waals surface area (Å²) in [7, 11) is -3.96. The predicted octanol–water partition coefficient (Wildman–Crippen LogP) is 4.91. The SMILES string of the molecule is CC[C@H](C)NC(=O)[C@H](Cc1ccccc1)N(Cc1ccc(Br)cc1)C(=O)CN(c1cccc(F)c1)S(C)(=O)=O. The van der Waals surface area contributed by atoms with Crippen LogP contribution in [0.25, 0.3) is 0 Å². The summed E-state index contributed by atoms with van der Waals surface area (Å²) in [5, 5.41) is 2.98. The Morgan fingerprint density at radius 2 is 1.64 bits per heavy atom. The van der Waals surface area contributed by atoms with Gasteiger partial charge in [-0.2, -0.15) is 0 Å². The Bertz CT molecular complexity index is 1370. The van der Waals surface area contributed by atoms with Crippen molar-refractivity contribution >= 4 is 43.5 Å². The van der Waals surface area contributed by atoms with Crippen LogP contribution in [-0.4, -0.2) is 50.0 Å². The minimum atomic E-state index is -3.96. The van der Waals surface area contributed by atoms with Crippen LogP contribution in [0.2, 0.25) is 0 Å². The van der Waals surface area contributed by atoms with Crippen molar-refractivity contribution in [2.24, 2.45) is 0 Å². The van der Waals surface area contributed by atoms with Gasteiger partial charge in [-0.3, -0.25) is 13.9 Å². The molecule has 7 nitrogen and oxygen atoms in total. The van der Waals surface area contributed by atoms with Crippen molar-refractivity contribution in [3.63, 3.8) is 0 Å². The van der Waals surface area contributed by atoms with Gasteiger partial charge < -0.3 is 10.2 Å². The molecule has 39 heavy (non-hydrogen) atoms. The number of carbonyl (C=O) groups is 2. The molecule has 0 fully saturated rings. The smallest absolute Gasteiger partial charge is 0.244 e. The maximum atomic E-state index is 14.0. The highest BCUT2D eigenvalue weighted by Gasteiger charge is 2.33. The molecular formula is C29H33BrFN3O4S. The number of amides is 2. The molecule has 0 bridgehead atoms.